The predicted molar refractivity (Wildman–Crippen MR) is 75.2 cm³/mol. The van der Waals surface area contributed by atoms with Crippen LogP contribution in [0.1, 0.15) is 6.92 Å². The highest BCUT2D eigenvalue weighted by atomic mass is 35.5. The Morgan fingerprint density at radius 3 is 2.44 bits per heavy atom. The van der Waals surface area contributed by atoms with Crippen LogP contribution in [-0.2, 0) is 9.59 Å². The molecule has 0 saturated carbocycles. The first-order valence-electron chi connectivity index (χ1n) is 5.49. The highest BCUT2D eigenvalue weighted by molar-refractivity contribution is 5.86. The zero-order valence-corrected chi connectivity index (χ0v) is 12.4. The quantitative estimate of drug-likeness (QED) is 0.706. The number of nitrogens with zero attached hydrogens (tertiary/aromatic N) is 2. The maximum atomic E-state index is 11.8. The summed E-state index contributed by atoms with van der Waals surface area (Å²) in [6.07, 6.45) is 0. The van der Waals surface area contributed by atoms with Crippen molar-refractivity contribution in [1.82, 2.24) is 15.1 Å². The van der Waals surface area contributed by atoms with Gasteiger partial charge in [-0.05, 0) is 14.0 Å². The first-order chi connectivity index (χ1) is 7.54. The van der Waals surface area contributed by atoms with Gasteiger partial charge < -0.3 is 20.9 Å². The molecular weight excluding hydrogens is 279 g/mol. The summed E-state index contributed by atoms with van der Waals surface area (Å²) in [6.45, 7) is 4.44. The normalized spacial score (nSPS) is 19.5. The maximum Gasteiger partial charge on any atom is 0.242 e. The molecule has 0 spiro atoms. The summed E-state index contributed by atoms with van der Waals surface area (Å²) >= 11 is 0. The van der Waals surface area contributed by atoms with Crippen LogP contribution < -0.4 is 11.1 Å². The second-order valence-electron chi connectivity index (χ2n) is 4.18. The van der Waals surface area contributed by atoms with Crippen molar-refractivity contribution in [3.05, 3.63) is 0 Å². The molecule has 0 aromatic heterocycles. The molecular formula is C10H22Cl2N4O2. The molecule has 1 fully saturated rings. The van der Waals surface area contributed by atoms with E-state index in [4.69, 9.17) is 5.73 Å². The molecule has 0 bridgehead atoms. The molecule has 2 amide bonds. The monoisotopic (exact) mass is 300 g/mol. The number of carbonyl (C=O) groups excluding carboxylic acids is 2. The van der Waals surface area contributed by atoms with E-state index in [-0.39, 0.29) is 55.8 Å². The molecule has 1 heterocycles. The molecule has 0 aromatic rings. The van der Waals surface area contributed by atoms with Gasteiger partial charge in [-0.3, -0.25) is 9.59 Å². The second kappa shape index (κ2) is 9.38. The van der Waals surface area contributed by atoms with Crippen LogP contribution in [0.3, 0.4) is 0 Å². The minimum atomic E-state index is -0.296. The Labute approximate surface area is 120 Å². The van der Waals surface area contributed by atoms with Gasteiger partial charge in [-0.1, -0.05) is 0 Å². The molecule has 18 heavy (non-hydrogen) atoms. The number of hydrogen-bond donors (Lipinski definition) is 2. The van der Waals surface area contributed by atoms with E-state index in [2.05, 4.69) is 10.2 Å². The van der Waals surface area contributed by atoms with Crippen LogP contribution in [0.4, 0.5) is 0 Å². The van der Waals surface area contributed by atoms with Crippen LogP contribution in [0.2, 0.25) is 0 Å². The zero-order chi connectivity index (χ0) is 12.1. The number of hydrogen-bond acceptors (Lipinski definition) is 4. The van der Waals surface area contributed by atoms with Gasteiger partial charge in [0.25, 0.3) is 0 Å². The molecule has 1 aliphatic rings. The van der Waals surface area contributed by atoms with Crippen molar-refractivity contribution in [1.29, 1.82) is 0 Å². The third kappa shape index (κ3) is 5.86. The number of rotatable bonds is 3. The maximum absolute atomic E-state index is 11.8. The Kier molecular flexibility index (Phi) is 10.3. The first-order valence-corrected chi connectivity index (χ1v) is 5.49. The Morgan fingerprint density at radius 2 is 1.94 bits per heavy atom. The fourth-order valence-electron chi connectivity index (χ4n) is 1.86. The molecule has 1 unspecified atom stereocenters. The van der Waals surface area contributed by atoms with Crippen LogP contribution in [0.25, 0.3) is 0 Å². The van der Waals surface area contributed by atoms with Crippen LogP contribution in [0.5, 0.6) is 0 Å². The highest BCUT2D eigenvalue weighted by Gasteiger charge is 2.25. The summed E-state index contributed by atoms with van der Waals surface area (Å²) in [5.74, 6) is -0.336. The molecule has 6 nitrogen and oxygen atoms in total. The number of nitrogens with one attached hydrogen (secondary N) is 1. The van der Waals surface area contributed by atoms with Gasteiger partial charge in [-0.25, -0.2) is 0 Å². The Balaban J connectivity index is 0. The molecule has 8 heteroatoms. The molecule has 0 radical (unpaired) electrons. The SMILES string of the molecule is CC1CN(C)CCN1C(=O)CNC(=O)CN.Cl.Cl. The lowest BCUT2D eigenvalue weighted by molar-refractivity contribution is -0.136. The second-order valence-corrected chi connectivity index (χ2v) is 4.18. The van der Waals surface area contributed by atoms with Gasteiger partial charge in [0.1, 0.15) is 0 Å². The third-order valence-corrected chi connectivity index (χ3v) is 2.77. The molecule has 0 aliphatic carbocycles. The third-order valence-electron chi connectivity index (χ3n) is 2.77. The van der Waals surface area contributed by atoms with Crippen LogP contribution >= 0.6 is 24.8 Å². The van der Waals surface area contributed by atoms with E-state index in [1.165, 1.54) is 0 Å². The fraction of sp³-hybridized carbons (Fsp3) is 0.800. The standard InChI is InChI=1S/C10H20N4O2.2ClH/c1-8-7-13(2)3-4-14(8)10(16)6-12-9(15)5-11;;/h8H,3-7,11H2,1-2H3,(H,12,15);2*1H. The molecule has 108 valence electrons. The highest BCUT2D eigenvalue weighted by Crippen LogP contribution is 2.07. The number of amides is 2. The van der Waals surface area contributed by atoms with Gasteiger partial charge in [-0.2, -0.15) is 0 Å². The summed E-state index contributed by atoms with van der Waals surface area (Å²) in [4.78, 5) is 26.7. The molecule has 0 aromatic carbocycles. The van der Waals surface area contributed by atoms with Gasteiger partial charge in [0.05, 0.1) is 13.1 Å². The van der Waals surface area contributed by atoms with Gasteiger partial charge in [0, 0.05) is 25.7 Å². The lowest BCUT2D eigenvalue weighted by Crippen LogP contribution is -2.55. The van der Waals surface area contributed by atoms with Crippen molar-refractivity contribution in [3.8, 4) is 0 Å². The molecule has 1 rings (SSSR count). The van der Waals surface area contributed by atoms with Crippen molar-refractivity contribution in [2.75, 3.05) is 39.8 Å². The lowest BCUT2D eigenvalue weighted by atomic mass is 10.2. The Morgan fingerprint density at radius 1 is 1.33 bits per heavy atom. The average molecular weight is 301 g/mol. The van der Waals surface area contributed by atoms with Crippen LogP contribution in [0, 0.1) is 0 Å². The van der Waals surface area contributed by atoms with E-state index >= 15 is 0 Å². The molecule has 3 N–H and O–H groups in total. The Bertz CT molecular complexity index is 279. The van der Waals surface area contributed by atoms with E-state index in [0.29, 0.717) is 0 Å². The summed E-state index contributed by atoms with van der Waals surface area (Å²) in [7, 11) is 2.04. The summed E-state index contributed by atoms with van der Waals surface area (Å²) < 4.78 is 0. The largest absolute Gasteiger partial charge is 0.346 e. The van der Waals surface area contributed by atoms with Gasteiger partial charge in [-0.15, -0.1) is 24.8 Å². The van der Waals surface area contributed by atoms with E-state index in [1.807, 2.05) is 14.0 Å². The van der Waals surface area contributed by atoms with E-state index in [0.717, 1.165) is 19.6 Å². The first kappa shape index (κ1) is 19.8. The summed E-state index contributed by atoms with van der Waals surface area (Å²) in [5, 5.41) is 2.49. The summed E-state index contributed by atoms with van der Waals surface area (Å²) in [5.41, 5.74) is 5.14. The number of piperazine rings is 1. The van der Waals surface area contributed by atoms with Gasteiger partial charge in [0.15, 0.2) is 0 Å². The number of halogens is 2. The van der Waals surface area contributed by atoms with E-state index in [9.17, 15) is 9.59 Å². The van der Waals surface area contributed by atoms with E-state index < -0.39 is 0 Å². The van der Waals surface area contributed by atoms with Gasteiger partial charge in [0.2, 0.25) is 11.8 Å². The fourth-order valence-corrected chi connectivity index (χ4v) is 1.86. The number of carbonyl (C=O) groups is 2. The zero-order valence-electron chi connectivity index (χ0n) is 10.7. The number of likely N-dealkylation sites (N-methyl/N-ethyl adjacent to an activating group) is 1. The van der Waals surface area contributed by atoms with Crippen molar-refractivity contribution < 1.29 is 9.59 Å². The predicted octanol–water partition coefficient (Wildman–Crippen LogP) is -0.933. The topological polar surface area (TPSA) is 78.7 Å². The lowest BCUT2D eigenvalue weighted by Gasteiger charge is -2.38. The van der Waals surface area contributed by atoms with Gasteiger partial charge >= 0.3 is 0 Å². The van der Waals surface area contributed by atoms with E-state index in [1.54, 1.807) is 4.90 Å². The van der Waals surface area contributed by atoms with Crippen molar-refractivity contribution in [2.45, 2.75) is 13.0 Å². The molecule has 1 aliphatic heterocycles. The van der Waals surface area contributed by atoms with Crippen LogP contribution in [-0.4, -0.2) is 67.4 Å². The smallest absolute Gasteiger partial charge is 0.242 e. The van der Waals surface area contributed by atoms with Crippen molar-refractivity contribution in [3.63, 3.8) is 0 Å². The van der Waals surface area contributed by atoms with Crippen molar-refractivity contribution in [2.24, 2.45) is 5.73 Å². The van der Waals surface area contributed by atoms with Crippen molar-refractivity contribution >= 4 is 36.6 Å². The number of nitrogens with two attached hydrogens (primary N) is 1. The minimum Gasteiger partial charge on any atom is -0.346 e. The average Bonchev–Trinajstić information content (AvgIpc) is 2.25. The molecule has 1 atom stereocenters. The minimum absolute atomic E-state index is 0. The van der Waals surface area contributed by atoms with Crippen LogP contribution in [0.15, 0.2) is 0 Å². The molecule has 1 saturated heterocycles. The Hall–Kier alpha value is -0.560. The summed E-state index contributed by atoms with van der Waals surface area (Å²) in [6, 6.07) is 0.195.